The van der Waals surface area contributed by atoms with E-state index >= 15 is 0 Å². The Bertz CT molecular complexity index is 481. The second-order valence-electron chi connectivity index (χ2n) is 2.96. The molecule has 0 bridgehead atoms. The second-order valence-corrected chi connectivity index (χ2v) is 2.96. The molecule has 3 rings (SSSR count). The lowest BCUT2D eigenvalue weighted by Crippen LogP contribution is -2.22. The van der Waals surface area contributed by atoms with Crippen molar-refractivity contribution in [2.75, 3.05) is 6.54 Å². The molecule has 3 N–H and O–H groups in total. The highest BCUT2D eigenvalue weighted by Crippen LogP contribution is 2.21. The van der Waals surface area contributed by atoms with E-state index in [1.807, 2.05) is 17.4 Å². The molecule has 1 aliphatic heterocycles. The molecule has 0 aromatic carbocycles. The Morgan fingerprint density at radius 2 is 2.07 bits per heavy atom. The SMILES string of the molecule is O=C1CNC(=O)N1.Oc1cc2ccc1=2. The zero-order valence-electron chi connectivity index (χ0n) is 7.20. The molecular formula is C9H8N2O3. The molecule has 3 amide bonds. The molecule has 0 saturated carbocycles. The summed E-state index contributed by atoms with van der Waals surface area (Å²) >= 11 is 0. The first-order chi connectivity index (χ1) is 6.66. The Kier molecular flexibility index (Phi) is 1.85. The minimum atomic E-state index is -0.398. The van der Waals surface area contributed by atoms with Crippen LogP contribution in [0.5, 0.6) is 5.75 Å². The van der Waals surface area contributed by atoms with E-state index in [-0.39, 0.29) is 12.5 Å². The van der Waals surface area contributed by atoms with Crippen LogP contribution in [0, 0.1) is 10.4 Å². The predicted molar refractivity (Wildman–Crippen MR) is 47.3 cm³/mol. The van der Waals surface area contributed by atoms with Crippen molar-refractivity contribution in [1.82, 2.24) is 10.6 Å². The molecule has 0 spiro atoms. The van der Waals surface area contributed by atoms with Crippen molar-refractivity contribution in [2.24, 2.45) is 0 Å². The van der Waals surface area contributed by atoms with Crippen LogP contribution in [0.3, 0.4) is 0 Å². The Morgan fingerprint density at radius 3 is 2.14 bits per heavy atom. The molecular weight excluding hydrogens is 184 g/mol. The van der Waals surface area contributed by atoms with Crippen LogP contribution in [0.1, 0.15) is 0 Å². The molecule has 2 aliphatic carbocycles. The highest BCUT2D eigenvalue weighted by Gasteiger charge is 2.14. The number of benzene rings is 1. The molecule has 0 atom stereocenters. The van der Waals surface area contributed by atoms with Gasteiger partial charge in [0.15, 0.2) is 0 Å². The first-order valence-electron chi connectivity index (χ1n) is 4.08. The van der Waals surface area contributed by atoms with E-state index in [2.05, 4.69) is 5.32 Å². The van der Waals surface area contributed by atoms with E-state index in [9.17, 15) is 9.59 Å². The quantitative estimate of drug-likeness (QED) is 0.506. The summed E-state index contributed by atoms with van der Waals surface area (Å²) in [6.07, 6.45) is 0. The fourth-order valence-corrected chi connectivity index (χ4v) is 1.14. The maximum Gasteiger partial charge on any atom is 0.321 e. The third-order valence-electron chi connectivity index (χ3n) is 1.97. The third-order valence-corrected chi connectivity index (χ3v) is 1.97. The summed E-state index contributed by atoms with van der Waals surface area (Å²) < 4.78 is 0. The number of phenolic OH excluding ortho intramolecular Hbond substituents is 1. The van der Waals surface area contributed by atoms with Crippen LogP contribution in [0.25, 0.3) is 0 Å². The van der Waals surface area contributed by atoms with Gasteiger partial charge in [0, 0.05) is 5.22 Å². The highest BCUT2D eigenvalue weighted by molar-refractivity contribution is 6.01. The summed E-state index contributed by atoms with van der Waals surface area (Å²) in [5, 5.41) is 15.2. The summed E-state index contributed by atoms with van der Waals surface area (Å²) in [6, 6.07) is 5.25. The number of carbonyl (C=O) groups excluding carboxylic acids is 2. The van der Waals surface area contributed by atoms with Gasteiger partial charge in [0.25, 0.3) is 0 Å². The highest BCUT2D eigenvalue weighted by atomic mass is 16.3. The molecule has 3 aliphatic rings. The summed E-state index contributed by atoms with van der Waals surface area (Å²) in [6.45, 7) is 0.124. The van der Waals surface area contributed by atoms with Crippen LogP contribution < -0.4 is 10.6 Å². The Morgan fingerprint density at radius 1 is 1.29 bits per heavy atom. The fourth-order valence-electron chi connectivity index (χ4n) is 1.14. The second kappa shape index (κ2) is 3.02. The van der Waals surface area contributed by atoms with Gasteiger partial charge in [-0.2, -0.15) is 0 Å². The van der Waals surface area contributed by atoms with Crippen molar-refractivity contribution in [2.45, 2.75) is 0 Å². The summed E-state index contributed by atoms with van der Waals surface area (Å²) in [5.74, 6) is 0.183. The molecule has 0 radical (unpaired) electrons. The van der Waals surface area contributed by atoms with Crippen LogP contribution >= 0.6 is 0 Å². The van der Waals surface area contributed by atoms with Crippen molar-refractivity contribution >= 4 is 11.9 Å². The van der Waals surface area contributed by atoms with Gasteiger partial charge in [0.2, 0.25) is 5.91 Å². The zero-order valence-corrected chi connectivity index (χ0v) is 7.20. The van der Waals surface area contributed by atoms with Crippen molar-refractivity contribution in [3.05, 3.63) is 28.6 Å². The first-order valence-corrected chi connectivity index (χ1v) is 4.08. The largest absolute Gasteiger partial charge is 0.507 e. The maximum atomic E-state index is 10.1. The van der Waals surface area contributed by atoms with Crippen LogP contribution in [0.2, 0.25) is 0 Å². The molecule has 1 fully saturated rings. The Hall–Kier alpha value is -2.04. The number of aromatic hydroxyl groups is 1. The average Bonchev–Trinajstić information content (AvgIpc) is 2.46. The topological polar surface area (TPSA) is 78.4 Å². The van der Waals surface area contributed by atoms with Crippen LogP contribution in [0.4, 0.5) is 4.79 Å². The van der Waals surface area contributed by atoms with E-state index in [1.54, 1.807) is 6.07 Å². The number of hydrogen-bond donors (Lipinski definition) is 3. The summed E-state index contributed by atoms with van der Waals surface area (Å²) in [5.41, 5.74) is 0. The monoisotopic (exact) mass is 192 g/mol. The molecule has 0 aromatic heterocycles. The third kappa shape index (κ3) is 1.39. The van der Waals surface area contributed by atoms with Crippen LogP contribution in [-0.2, 0) is 4.79 Å². The maximum absolute atomic E-state index is 10.1. The van der Waals surface area contributed by atoms with Crippen molar-refractivity contribution in [3.8, 4) is 5.75 Å². The minimum Gasteiger partial charge on any atom is -0.507 e. The number of rotatable bonds is 0. The van der Waals surface area contributed by atoms with Gasteiger partial charge in [0.1, 0.15) is 5.75 Å². The van der Waals surface area contributed by atoms with Gasteiger partial charge in [-0.15, -0.1) is 0 Å². The van der Waals surface area contributed by atoms with E-state index in [0.29, 0.717) is 5.75 Å². The van der Waals surface area contributed by atoms with E-state index in [0.717, 1.165) is 5.22 Å². The lowest BCUT2D eigenvalue weighted by molar-refractivity contribution is -0.117. The van der Waals surface area contributed by atoms with Crippen molar-refractivity contribution in [1.29, 1.82) is 0 Å². The number of imide groups is 1. The number of nitrogens with one attached hydrogen (secondary N) is 2. The summed E-state index contributed by atoms with van der Waals surface area (Å²) in [4.78, 5) is 20.1. The van der Waals surface area contributed by atoms with E-state index < -0.39 is 6.03 Å². The van der Waals surface area contributed by atoms with Crippen molar-refractivity contribution < 1.29 is 14.7 Å². The van der Waals surface area contributed by atoms with Crippen molar-refractivity contribution in [3.63, 3.8) is 0 Å². The normalized spacial score (nSPS) is 15.1. The molecule has 0 aromatic rings. The number of urea groups is 1. The molecule has 72 valence electrons. The smallest absolute Gasteiger partial charge is 0.321 e. The summed E-state index contributed by atoms with van der Waals surface area (Å²) in [7, 11) is 0. The van der Waals surface area contributed by atoms with E-state index in [1.165, 1.54) is 5.22 Å². The van der Waals surface area contributed by atoms with Gasteiger partial charge in [-0.3, -0.25) is 10.1 Å². The van der Waals surface area contributed by atoms with Gasteiger partial charge in [-0.1, -0.05) is 12.1 Å². The predicted octanol–water partition coefficient (Wildman–Crippen LogP) is -0.182. The Labute approximate surface area is 79.0 Å². The first kappa shape index (κ1) is 8.55. The lowest BCUT2D eigenvalue weighted by Gasteiger charge is -2.02. The van der Waals surface area contributed by atoms with Gasteiger partial charge in [-0.05, 0) is 11.3 Å². The van der Waals surface area contributed by atoms with Gasteiger partial charge in [0.05, 0.1) is 6.54 Å². The molecule has 5 heteroatoms. The lowest BCUT2D eigenvalue weighted by atomic mass is 10.1. The zero-order chi connectivity index (χ0) is 10.1. The van der Waals surface area contributed by atoms with Gasteiger partial charge < -0.3 is 10.4 Å². The van der Waals surface area contributed by atoms with Gasteiger partial charge in [-0.25, -0.2) is 4.79 Å². The number of carbonyl (C=O) groups is 2. The minimum absolute atomic E-state index is 0.124. The number of phenols is 1. The van der Waals surface area contributed by atoms with E-state index in [4.69, 9.17) is 5.11 Å². The van der Waals surface area contributed by atoms with Crippen LogP contribution in [0.15, 0.2) is 18.2 Å². The van der Waals surface area contributed by atoms with Crippen LogP contribution in [-0.4, -0.2) is 23.6 Å². The standard InChI is InChI=1S/C6H4O.C3H4N2O2/c7-6-3-4-1-2-5(4)6;6-2-1-4-3(7)5-2/h1-3,7H;1H2,(H2,4,5,6,7). The molecule has 0 unspecified atom stereocenters. The van der Waals surface area contributed by atoms with Gasteiger partial charge >= 0.3 is 6.03 Å². The Balaban J connectivity index is 0.000000107. The number of amides is 3. The molecule has 14 heavy (non-hydrogen) atoms. The molecule has 1 heterocycles. The molecule has 5 nitrogen and oxygen atoms in total. The average molecular weight is 192 g/mol. The fraction of sp³-hybridized carbons (Fsp3) is 0.111. The molecule has 1 saturated heterocycles. The number of hydrogen-bond acceptors (Lipinski definition) is 3.